The maximum absolute atomic E-state index is 12.9. The Morgan fingerprint density at radius 1 is 1.21 bits per heavy atom. The van der Waals surface area contributed by atoms with Gasteiger partial charge in [0.1, 0.15) is 5.60 Å². The van der Waals surface area contributed by atoms with Crippen molar-refractivity contribution in [1.29, 1.82) is 0 Å². The van der Waals surface area contributed by atoms with E-state index in [0.29, 0.717) is 16.5 Å². The van der Waals surface area contributed by atoms with Gasteiger partial charge in [-0.1, -0.05) is 18.2 Å². The Bertz CT molecular complexity index is 1190. The molecule has 8 nitrogen and oxygen atoms in total. The van der Waals surface area contributed by atoms with Gasteiger partial charge in [-0.2, -0.15) is 9.78 Å². The summed E-state index contributed by atoms with van der Waals surface area (Å²) in [6, 6.07) is 11.0. The molecule has 0 fully saturated rings. The molecule has 0 radical (unpaired) electrons. The summed E-state index contributed by atoms with van der Waals surface area (Å²) in [7, 11) is 0. The number of carbonyl (C=O) groups is 1. The third-order valence-electron chi connectivity index (χ3n) is 3.95. The zero-order valence-corrected chi connectivity index (χ0v) is 16.2. The number of nitro benzene ring substituents is 1. The van der Waals surface area contributed by atoms with Crippen LogP contribution in [0.5, 0.6) is 0 Å². The minimum Gasteiger partial charge on any atom is -0.457 e. The summed E-state index contributed by atoms with van der Waals surface area (Å²) >= 11 is 0. The van der Waals surface area contributed by atoms with Crippen LogP contribution in [0.4, 0.5) is 5.69 Å². The lowest BCUT2D eigenvalue weighted by atomic mass is 10.1. The van der Waals surface area contributed by atoms with Crippen molar-refractivity contribution in [1.82, 2.24) is 9.78 Å². The molecular formula is C21H19N3O5. The van der Waals surface area contributed by atoms with Crippen LogP contribution in [0.3, 0.4) is 0 Å². The first-order valence-corrected chi connectivity index (χ1v) is 8.83. The number of aromatic nitrogens is 2. The Hall–Kier alpha value is -3.81. The molecule has 0 saturated heterocycles. The molecule has 0 aliphatic carbocycles. The summed E-state index contributed by atoms with van der Waals surface area (Å²) in [6.45, 7) is 5.20. The number of nitro groups is 1. The fraction of sp³-hybridized carbons (Fsp3) is 0.190. The molecule has 2 aromatic carbocycles. The molecule has 148 valence electrons. The van der Waals surface area contributed by atoms with E-state index >= 15 is 0 Å². The normalized spacial score (nSPS) is 11.7. The van der Waals surface area contributed by atoms with Gasteiger partial charge in [0, 0.05) is 29.2 Å². The number of carbonyl (C=O) groups excluding carboxylic acids is 1. The van der Waals surface area contributed by atoms with Gasteiger partial charge in [0.2, 0.25) is 0 Å². The molecular weight excluding hydrogens is 374 g/mol. The Kier molecular flexibility index (Phi) is 5.27. The molecule has 1 heterocycles. The van der Waals surface area contributed by atoms with Crippen molar-refractivity contribution in [3.05, 3.63) is 80.8 Å². The number of esters is 1. The quantitative estimate of drug-likeness (QED) is 0.290. The second kappa shape index (κ2) is 7.67. The predicted molar refractivity (Wildman–Crippen MR) is 109 cm³/mol. The van der Waals surface area contributed by atoms with Crippen molar-refractivity contribution >= 4 is 28.5 Å². The number of nitrogens with zero attached hydrogens (tertiary/aromatic N) is 3. The van der Waals surface area contributed by atoms with Crippen molar-refractivity contribution in [2.75, 3.05) is 0 Å². The minimum atomic E-state index is -0.677. The van der Waals surface area contributed by atoms with Gasteiger partial charge in [0.05, 0.1) is 22.2 Å². The summed E-state index contributed by atoms with van der Waals surface area (Å²) in [5, 5.41) is 16.5. The average Bonchev–Trinajstić information content (AvgIpc) is 2.65. The highest BCUT2D eigenvalue weighted by Crippen LogP contribution is 2.22. The van der Waals surface area contributed by atoms with Crippen LogP contribution in [0.15, 0.2) is 59.5 Å². The molecule has 0 aliphatic heterocycles. The third-order valence-corrected chi connectivity index (χ3v) is 3.95. The first-order valence-electron chi connectivity index (χ1n) is 8.83. The van der Waals surface area contributed by atoms with Gasteiger partial charge < -0.3 is 4.74 Å². The summed E-state index contributed by atoms with van der Waals surface area (Å²) in [6.07, 6.45) is 4.08. The smallest absolute Gasteiger partial charge is 0.331 e. The van der Waals surface area contributed by atoms with E-state index in [0.717, 1.165) is 4.68 Å². The molecule has 8 heteroatoms. The molecule has 0 spiro atoms. The average molecular weight is 393 g/mol. The molecule has 0 atom stereocenters. The summed E-state index contributed by atoms with van der Waals surface area (Å²) in [4.78, 5) is 35.5. The maximum Gasteiger partial charge on any atom is 0.331 e. The Balaban J connectivity index is 2.12. The lowest BCUT2D eigenvalue weighted by Crippen LogP contribution is -2.22. The molecule has 0 bridgehead atoms. The standard InChI is InChI=1S/C21H19N3O5/c1-21(2,3)29-19(25)11-8-14-12-16(24(27)28)9-10-18(14)23-20(26)17-7-5-4-6-15(17)13-22-23/h4-13H,1-3H3/b11-8+. The van der Waals surface area contributed by atoms with Crippen molar-refractivity contribution in [3.63, 3.8) is 0 Å². The highest BCUT2D eigenvalue weighted by molar-refractivity contribution is 5.88. The number of hydrogen-bond donors (Lipinski definition) is 0. The molecule has 1 aromatic heterocycles. The summed E-state index contributed by atoms with van der Waals surface area (Å²) in [5.74, 6) is -0.603. The highest BCUT2D eigenvalue weighted by atomic mass is 16.6. The molecule has 3 rings (SSSR count). The lowest BCUT2D eigenvalue weighted by Gasteiger charge is -2.18. The minimum absolute atomic E-state index is 0.175. The van der Waals surface area contributed by atoms with Gasteiger partial charge in [-0.3, -0.25) is 14.9 Å². The number of benzene rings is 2. The van der Waals surface area contributed by atoms with E-state index in [-0.39, 0.29) is 16.8 Å². The fourth-order valence-corrected chi connectivity index (χ4v) is 2.74. The third kappa shape index (κ3) is 4.55. The van der Waals surface area contributed by atoms with Gasteiger partial charge in [-0.05, 0) is 39.0 Å². The van der Waals surface area contributed by atoms with Crippen LogP contribution in [-0.2, 0) is 9.53 Å². The summed E-state index contributed by atoms with van der Waals surface area (Å²) in [5.41, 5.74) is -0.625. The molecule has 0 amide bonds. The largest absolute Gasteiger partial charge is 0.457 e. The van der Waals surface area contributed by atoms with Crippen LogP contribution in [-0.4, -0.2) is 26.3 Å². The van der Waals surface area contributed by atoms with Crippen LogP contribution < -0.4 is 5.56 Å². The topological polar surface area (TPSA) is 104 Å². The van der Waals surface area contributed by atoms with Gasteiger partial charge in [-0.15, -0.1) is 0 Å². The molecule has 3 aromatic rings. The molecule has 0 saturated carbocycles. The number of hydrogen-bond acceptors (Lipinski definition) is 6. The number of fused-ring (bicyclic) bond motifs is 1. The van der Waals surface area contributed by atoms with E-state index in [9.17, 15) is 19.7 Å². The van der Waals surface area contributed by atoms with E-state index in [1.165, 1.54) is 30.4 Å². The van der Waals surface area contributed by atoms with E-state index in [1.54, 1.807) is 51.2 Å². The number of ether oxygens (including phenoxy) is 1. The maximum atomic E-state index is 12.9. The number of rotatable bonds is 4. The van der Waals surface area contributed by atoms with E-state index in [1.807, 2.05) is 0 Å². The van der Waals surface area contributed by atoms with Crippen molar-refractivity contribution in [2.45, 2.75) is 26.4 Å². The van der Waals surface area contributed by atoms with Crippen molar-refractivity contribution < 1.29 is 14.5 Å². The zero-order valence-electron chi connectivity index (χ0n) is 16.2. The van der Waals surface area contributed by atoms with Gasteiger partial charge >= 0.3 is 5.97 Å². The molecule has 29 heavy (non-hydrogen) atoms. The van der Waals surface area contributed by atoms with Crippen LogP contribution in [0.25, 0.3) is 22.5 Å². The monoisotopic (exact) mass is 393 g/mol. The second-order valence-electron chi connectivity index (χ2n) is 7.32. The Morgan fingerprint density at radius 3 is 2.62 bits per heavy atom. The first kappa shape index (κ1) is 19.9. The van der Waals surface area contributed by atoms with Crippen LogP contribution in [0, 0.1) is 10.1 Å². The zero-order chi connectivity index (χ0) is 21.2. The van der Waals surface area contributed by atoms with Gasteiger partial charge in [-0.25, -0.2) is 4.79 Å². The molecule has 0 aliphatic rings. The van der Waals surface area contributed by atoms with Crippen LogP contribution in [0.1, 0.15) is 26.3 Å². The predicted octanol–water partition coefficient (Wildman–Crippen LogP) is 3.65. The molecule has 0 unspecified atom stereocenters. The van der Waals surface area contributed by atoms with Gasteiger partial charge in [0.15, 0.2) is 0 Å². The highest BCUT2D eigenvalue weighted by Gasteiger charge is 2.16. The van der Waals surface area contributed by atoms with Crippen molar-refractivity contribution in [3.8, 4) is 5.69 Å². The summed E-state index contributed by atoms with van der Waals surface area (Å²) < 4.78 is 6.37. The first-order chi connectivity index (χ1) is 13.7. The SMILES string of the molecule is CC(C)(C)OC(=O)/C=C/c1cc([N+](=O)[O-])ccc1-n1ncc2ccccc2c1=O. The Labute approximate surface area is 166 Å². The van der Waals surface area contributed by atoms with Crippen molar-refractivity contribution in [2.24, 2.45) is 0 Å². The van der Waals surface area contributed by atoms with E-state index < -0.39 is 16.5 Å². The number of non-ortho nitro benzene ring substituents is 1. The fourth-order valence-electron chi connectivity index (χ4n) is 2.74. The van der Waals surface area contributed by atoms with Crippen LogP contribution >= 0.6 is 0 Å². The van der Waals surface area contributed by atoms with E-state index in [4.69, 9.17) is 4.74 Å². The second-order valence-corrected chi connectivity index (χ2v) is 7.32. The van der Waals surface area contributed by atoms with E-state index in [2.05, 4.69) is 5.10 Å². The lowest BCUT2D eigenvalue weighted by molar-refractivity contribution is -0.384. The molecule has 0 N–H and O–H groups in total. The Morgan fingerprint density at radius 2 is 1.93 bits per heavy atom. The van der Waals surface area contributed by atoms with Crippen LogP contribution in [0.2, 0.25) is 0 Å². The van der Waals surface area contributed by atoms with Gasteiger partial charge in [0.25, 0.3) is 11.2 Å².